The standard InChI is InChI=1S/C22H26N4O3S/c1-22(2,3)13-9-10-14-17(11-13)30-20-19(14)21(28)26(25-24-20)12-18(27)23-15-7-5-6-8-16(15)29-4/h5-8,13H,9-12H2,1-4H3,(H,23,27). The number of para-hydroxylation sites is 2. The SMILES string of the molecule is COc1ccccc1NC(=O)Cn1nnc2sc3c(c2c1=O)CCC(C(C)(C)C)C3. The van der Waals surface area contributed by atoms with Gasteiger partial charge in [-0.1, -0.05) is 38.1 Å². The molecule has 1 N–H and O–H groups in total. The first-order valence-corrected chi connectivity index (χ1v) is 10.9. The van der Waals surface area contributed by atoms with Gasteiger partial charge in [0.2, 0.25) is 5.91 Å². The Morgan fingerprint density at radius 1 is 1.33 bits per heavy atom. The Balaban J connectivity index is 1.60. The molecule has 1 unspecified atom stereocenters. The maximum absolute atomic E-state index is 13.1. The van der Waals surface area contributed by atoms with E-state index in [1.807, 2.05) is 6.07 Å². The number of carbonyl (C=O) groups excluding carboxylic acids is 1. The van der Waals surface area contributed by atoms with Crippen molar-refractivity contribution in [1.29, 1.82) is 0 Å². The van der Waals surface area contributed by atoms with E-state index in [0.717, 1.165) is 29.5 Å². The fraction of sp³-hybridized carbons (Fsp3) is 0.455. The summed E-state index contributed by atoms with van der Waals surface area (Å²) in [6.45, 7) is 6.60. The van der Waals surface area contributed by atoms with Gasteiger partial charge in [-0.3, -0.25) is 9.59 Å². The lowest BCUT2D eigenvalue weighted by Crippen LogP contribution is -2.31. The third-order valence-corrected chi connectivity index (χ3v) is 6.98. The van der Waals surface area contributed by atoms with E-state index in [2.05, 4.69) is 36.4 Å². The number of anilines is 1. The molecule has 8 heteroatoms. The smallest absolute Gasteiger partial charge is 0.279 e. The lowest BCUT2D eigenvalue weighted by Gasteiger charge is -2.33. The zero-order valence-electron chi connectivity index (χ0n) is 17.7. The molecule has 0 aliphatic heterocycles. The minimum Gasteiger partial charge on any atom is -0.495 e. The lowest BCUT2D eigenvalue weighted by molar-refractivity contribution is -0.117. The molecule has 4 rings (SSSR count). The maximum Gasteiger partial charge on any atom is 0.279 e. The number of hydrogen-bond donors (Lipinski definition) is 1. The second-order valence-electron chi connectivity index (χ2n) is 8.79. The molecule has 1 aromatic carbocycles. The Labute approximate surface area is 179 Å². The number of ether oxygens (including phenoxy) is 1. The predicted molar refractivity (Wildman–Crippen MR) is 118 cm³/mol. The van der Waals surface area contributed by atoms with Crippen LogP contribution in [0.25, 0.3) is 10.2 Å². The van der Waals surface area contributed by atoms with E-state index in [9.17, 15) is 9.59 Å². The molecular formula is C22H26N4O3S. The Bertz CT molecular complexity index is 1160. The highest BCUT2D eigenvalue weighted by Crippen LogP contribution is 2.41. The molecule has 0 saturated carbocycles. The van der Waals surface area contributed by atoms with Crippen LogP contribution in [0.1, 0.15) is 37.6 Å². The number of thiophene rings is 1. The highest BCUT2D eigenvalue weighted by Gasteiger charge is 2.32. The van der Waals surface area contributed by atoms with Gasteiger partial charge in [-0.05, 0) is 48.3 Å². The van der Waals surface area contributed by atoms with Crippen molar-refractivity contribution in [3.8, 4) is 5.75 Å². The number of nitrogens with zero attached hydrogens (tertiary/aromatic N) is 3. The van der Waals surface area contributed by atoms with Gasteiger partial charge in [0.25, 0.3) is 5.56 Å². The monoisotopic (exact) mass is 426 g/mol. The molecule has 1 atom stereocenters. The molecule has 0 saturated heterocycles. The summed E-state index contributed by atoms with van der Waals surface area (Å²) in [5.41, 5.74) is 1.63. The first-order valence-electron chi connectivity index (χ1n) is 10.1. The molecule has 7 nitrogen and oxygen atoms in total. The van der Waals surface area contributed by atoms with Crippen molar-refractivity contribution >= 4 is 33.1 Å². The van der Waals surface area contributed by atoms with Crippen LogP contribution in [0.4, 0.5) is 5.69 Å². The molecule has 3 aromatic rings. The number of carbonyl (C=O) groups is 1. The largest absolute Gasteiger partial charge is 0.495 e. The van der Waals surface area contributed by atoms with Gasteiger partial charge < -0.3 is 10.1 Å². The summed E-state index contributed by atoms with van der Waals surface area (Å²) in [7, 11) is 1.54. The average Bonchev–Trinajstić information content (AvgIpc) is 3.08. The number of rotatable bonds is 4. The second kappa shape index (κ2) is 7.83. The Hall–Kier alpha value is -2.74. The van der Waals surface area contributed by atoms with Gasteiger partial charge in [-0.15, -0.1) is 16.4 Å². The van der Waals surface area contributed by atoms with Crippen LogP contribution < -0.4 is 15.6 Å². The van der Waals surface area contributed by atoms with Crippen LogP contribution in [0.2, 0.25) is 0 Å². The molecule has 2 aromatic heterocycles. The molecule has 30 heavy (non-hydrogen) atoms. The highest BCUT2D eigenvalue weighted by molar-refractivity contribution is 7.18. The van der Waals surface area contributed by atoms with E-state index in [4.69, 9.17) is 4.74 Å². The van der Waals surface area contributed by atoms with Gasteiger partial charge in [0, 0.05) is 4.88 Å². The average molecular weight is 427 g/mol. The fourth-order valence-electron chi connectivity index (χ4n) is 4.04. The number of aromatic nitrogens is 3. The van der Waals surface area contributed by atoms with Gasteiger partial charge in [-0.2, -0.15) is 0 Å². The zero-order chi connectivity index (χ0) is 21.5. The van der Waals surface area contributed by atoms with Crippen LogP contribution >= 0.6 is 11.3 Å². The third kappa shape index (κ3) is 3.84. The molecule has 0 bridgehead atoms. The van der Waals surface area contributed by atoms with E-state index in [1.165, 1.54) is 4.88 Å². The van der Waals surface area contributed by atoms with E-state index >= 15 is 0 Å². The van der Waals surface area contributed by atoms with Crippen molar-refractivity contribution in [2.75, 3.05) is 12.4 Å². The van der Waals surface area contributed by atoms with Crippen LogP contribution in [0.5, 0.6) is 5.75 Å². The number of hydrogen-bond acceptors (Lipinski definition) is 6. The number of amides is 1. The summed E-state index contributed by atoms with van der Waals surface area (Å²) in [5.74, 6) is 0.784. The third-order valence-electron chi connectivity index (χ3n) is 5.84. The second-order valence-corrected chi connectivity index (χ2v) is 9.87. The zero-order valence-corrected chi connectivity index (χ0v) is 18.5. The minimum absolute atomic E-state index is 0.199. The highest BCUT2D eigenvalue weighted by atomic mass is 32.1. The maximum atomic E-state index is 13.1. The predicted octanol–water partition coefficient (Wildman–Crippen LogP) is 3.65. The molecule has 1 aliphatic rings. The summed E-state index contributed by atoms with van der Waals surface area (Å²) in [4.78, 5) is 27.5. The molecule has 1 amide bonds. The number of fused-ring (bicyclic) bond motifs is 3. The minimum atomic E-state index is -0.354. The quantitative estimate of drug-likeness (QED) is 0.688. The van der Waals surface area contributed by atoms with Crippen LogP contribution in [0.15, 0.2) is 29.1 Å². The van der Waals surface area contributed by atoms with Crippen molar-refractivity contribution in [3.05, 3.63) is 45.1 Å². The number of nitrogens with one attached hydrogen (secondary N) is 1. The molecule has 158 valence electrons. The Kier molecular flexibility index (Phi) is 5.36. The normalized spacial score (nSPS) is 16.3. The fourth-order valence-corrected chi connectivity index (χ4v) is 5.28. The van der Waals surface area contributed by atoms with Gasteiger partial charge in [0.15, 0.2) is 4.83 Å². The molecule has 0 fully saturated rings. The Morgan fingerprint density at radius 2 is 2.10 bits per heavy atom. The van der Waals surface area contributed by atoms with Crippen LogP contribution in [0, 0.1) is 11.3 Å². The summed E-state index contributed by atoms with van der Waals surface area (Å²) in [6, 6.07) is 7.13. The molecule has 0 radical (unpaired) electrons. The lowest BCUT2D eigenvalue weighted by atomic mass is 9.72. The number of methoxy groups -OCH3 is 1. The molecule has 1 aliphatic carbocycles. The van der Waals surface area contributed by atoms with Crippen LogP contribution in [-0.2, 0) is 24.2 Å². The van der Waals surface area contributed by atoms with Gasteiger partial charge >= 0.3 is 0 Å². The summed E-state index contributed by atoms with van der Waals surface area (Å²) < 4.78 is 6.40. The van der Waals surface area contributed by atoms with Crippen molar-refractivity contribution in [2.24, 2.45) is 11.3 Å². The first-order chi connectivity index (χ1) is 14.3. The van der Waals surface area contributed by atoms with Crippen molar-refractivity contribution in [3.63, 3.8) is 0 Å². The van der Waals surface area contributed by atoms with Crippen molar-refractivity contribution in [2.45, 2.75) is 46.6 Å². The van der Waals surface area contributed by atoms with Crippen LogP contribution in [0.3, 0.4) is 0 Å². The van der Waals surface area contributed by atoms with Gasteiger partial charge in [0.05, 0.1) is 18.2 Å². The van der Waals surface area contributed by atoms with Crippen LogP contribution in [-0.4, -0.2) is 28.0 Å². The van der Waals surface area contributed by atoms with Crippen molar-refractivity contribution < 1.29 is 9.53 Å². The summed E-state index contributed by atoms with van der Waals surface area (Å²) in [5, 5.41) is 11.7. The molecular weight excluding hydrogens is 400 g/mol. The van der Waals surface area contributed by atoms with E-state index in [1.54, 1.807) is 36.6 Å². The molecule has 2 heterocycles. The van der Waals surface area contributed by atoms with Crippen molar-refractivity contribution in [1.82, 2.24) is 15.0 Å². The van der Waals surface area contributed by atoms with E-state index in [-0.39, 0.29) is 23.4 Å². The van der Waals surface area contributed by atoms with Gasteiger partial charge in [-0.25, -0.2) is 4.68 Å². The summed E-state index contributed by atoms with van der Waals surface area (Å²) in [6.07, 6.45) is 2.89. The molecule has 0 spiro atoms. The number of aryl methyl sites for hydroxylation is 1. The topological polar surface area (TPSA) is 86.1 Å². The summed E-state index contributed by atoms with van der Waals surface area (Å²) >= 11 is 1.56. The van der Waals surface area contributed by atoms with E-state index < -0.39 is 0 Å². The number of benzene rings is 1. The van der Waals surface area contributed by atoms with E-state index in [0.29, 0.717) is 27.6 Å². The van der Waals surface area contributed by atoms with Gasteiger partial charge in [0.1, 0.15) is 12.3 Å². The first kappa shape index (κ1) is 20.5. The Morgan fingerprint density at radius 3 is 2.83 bits per heavy atom.